The fraction of sp³-hybridized carbons (Fsp3) is 0.391. The van der Waals surface area contributed by atoms with Crippen LogP contribution in [0.1, 0.15) is 36.8 Å². The van der Waals surface area contributed by atoms with E-state index < -0.39 is 28.3 Å². The summed E-state index contributed by atoms with van der Waals surface area (Å²) >= 11 is 0. The molecule has 0 spiro atoms. The Labute approximate surface area is 193 Å². The number of nitrogens with one attached hydrogen (secondary N) is 1. The first-order chi connectivity index (χ1) is 15.7. The molecule has 2 aromatic carbocycles. The molecule has 1 fully saturated rings. The van der Waals surface area contributed by atoms with Crippen LogP contribution in [0.5, 0.6) is 0 Å². The van der Waals surface area contributed by atoms with E-state index >= 15 is 0 Å². The molecule has 0 radical (unpaired) electrons. The SMILES string of the molecule is Cc1cc(NC(=O)CCC(O)N(Cc2ccccc2)C(=O)O)ccc1S(=O)(=O)N1CCCC1. The van der Waals surface area contributed by atoms with Crippen LogP contribution in [0.2, 0.25) is 0 Å². The molecule has 3 rings (SSSR count). The highest BCUT2D eigenvalue weighted by molar-refractivity contribution is 7.89. The third-order valence-corrected chi connectivity index (χ3v) is 7.63. The number of carboxylic acid groups (broad SMARTS) is 1. The normalized spacial score (nSPS) is 15.2. The van der Waals surface area contributed by atoms with E-state index in [1.165, 1.54) is 16.4 Å². The van der Waals surface area contributed by atoms with E-state index in [2.05, 4.69) is 5.32 Å². The van der Waals surface area contributed by atoms with Crippen LogP contribution in [0.4, 0.5) is 10.5 Å². The summed E-state index contributed by atoms with van der Waals surface area (Å²) in [6.07, 6.45) is -1.11. The predicted octanol–water partition coefficient (Wildman–Crippen LogP) is 3.00. The van der Waals surface area contributed by atoms with E-state index in [4.69, 9.17) is 0 Å². The molecule has 0 aromatic heterocycles. The number of nitrogens with zero attached hydrogens (tertiary/aromatic N) is 2. The maximum absolute atomic E-state index is 12.8. The molecule has 0 saturated carbocycles. The van der Waals surface area contributed by atoms with E-state index in [9.17, 15) is 28.2 Å². The monoisotopic (exact) mass is 475 g/mol. The number of benzene rings is 2. The number of amides is 2. The Hall–Kier alpha value is -2.95. The van der Waals surface area contributed by atoms with Crippen LogP contribution in [0.25, 0.3) is 0 Å². The van der Waals surface area contributed by atoms with Crippen LogP contribution in [-0.2, 0) is 21.4 Å². The van der Waals surface area contributed by atoms with Gasteiger partial charge in [-0.2, -0.15) is 4.31 Å². The van der Waals surface area contributed by atoms with Gasteiger partial charge < -0.3 is 15.5 Å². The lowest BCUT2D eigenvalue weighted by Gasteiger charge is -2.25. The number of sulfonamides is 1. The average Bonchev–Trinajstić information content (AvgIpc) is 3.32. The minimum absolute atomic E-state index is 0.00507. The fourth-order valence-electron chi connectivity index (χ4n) is 3.80. The van der Waals surface area contributed by atoms with Crippen molar-refractivity contribution >= 4 is 27.7 Å². The molecule has 1 aliphatic heterocycles. The quantitative estimate of drug-likeness (QED) is 0.479. The first-order valence-corrected chi connectivity index (χ1v) is 12.2. The Morgan fingerprint density at radius 2 is 1.79 bits per heavy atom. The summed E-state index contributed by atoms with van der Waals surface area (Å²) < 4.78 is 27.0. The third kappa shape index (κ3) is 6.31. The molecule has 1 atom stereocenters. The van der Waals surface area contributed by atoms with Gasteiger partial charge in [0.15, 0.2) is 0 Å². The lowest BCUT2D eigenvalue weighted by Crippen LogP contribution is -2.39. The van der Waals surface area contributed by atoms with Crippen LogP contribution in [0.3, 0.4) is 0 Å². The van der Waals surface area contributed by atoms with Crippen LogP contribution in [0.15, 0.2) is 53.4 Å². The van der Waals surface area contributed by atoms with E-state index in [1.807, 2.05) is 6.07 Å². The number of rotatable bonds is 9. The second-order valence-corrected chi connectivity index (χ2v) is 9.96. The first-order valence-electron chi connectivity index (χ1n) is 10.8. The van der Waals surface area contributed by atoms with Crippen molar-refractivity contribution in [3.8, 4) is 0 Å². The summed E-state index contributed by atoms with van der Waals surface area (Å²) in [6, 6.07) is 13.5. The topological polar surface area (TPSA) is 127 Å². The van der Waals surface area contributed by atoms with E-state index in [1.54, 1.807) is 37.3 Å². The van der Waals surface area contributed by atoms with Crippen molar-refractivity contribution in [1.29, 1.82) is 0 Å². The number of carbonyl (C=O) groups excluding carboxylic acids is 1. The zero-order chi connectivity index (χ0) is 24.0. The molecule has 3 N–H and O–H groups in total. The molecular weight excluding hydrogens is 446 g/mol. The second-order valence-electron chi connectivity index (χ2n) is 8.06. The highest BCUT2D eigenvalue weighted by Gasteiger charge is 2.28. The van der Waals surface area contributed by atoms with Crippen LogP contribution >= 0.6 is 0 Å². The average molecular weight is 476 g/mol. The molecule has 2 aromatic rings. The summed E-state index contributed by atoms with van der Waals surface area (Å²) in [7, 11) is -3.55. The molecule has 178 valence electrons. The molecule has 1 unspecified atom stereocenters. The minimum atomic E-state index is -3.55. The first kappa shape index (κ1) is 24.7. The van der Waals surface area contributed by atoms with E-state index in [-0.39, 0.29) is 24.3 Å². The number of anilines is 1. The third-order valence-electron chi connectivity index (χ3n) is 5.57. The summed E-state index contributed by atoms with van der Waals surface area (Å²) in [4.78, 5) is 25.0. The number of aliphatic hydroxyl groups is 1. The molecular formula is C23H29N3O6S. The largest absolute Gasteiger partial charge is 0.465 e. The van der Waals surface area contributed by atoms with Gasteiger partial charge in [-0.05, 0) is 49.1 Å². The van der Waals surface area contributed by atoms with Gasteiger partial charge in [0.1, 0.15) is 6.23 Å². The van der Waals surface area contributed by atoms with E-state index in [0.29, 0.717) is 24.3 Å². The Kier molecular flexibility index (Phi) is 8.06. The van der Waals surface area contributed by atoms with Crippen molar-refractivity contribution in [2.75, 3.05) is 18.4 Å². The number of hydrogen-bond donors (Lipinski definition) is 3. The smallest absolute Gasteiger partial charge is 0.409 e. The molecule has 0 bridgehead atoms. The lowest BCUT2D eigenvalue weighted by molar-refractivity contribution is -0.117. The summed E-state index contributed by atoms with van der Waals surface area (Å²) in [5.74, 6) is -0.409. The Balaban J connectivity index is 1.57. The Morgan fingerprint density at radius 3 is 2.39 bits per heavy atom. The molecule has 33 heavy (non-hydrogen) atoms. The number of hydrogen-bond acceptors (Lipinski definition) is 5. The summed E-state index contributed by atoms with van der Waals surface area (Å²) in [5, 5.41) is 22.4. The van der Waals surface area contributed by atoms with Gasteiger partial charge in [-0.3, -0.25) is 9.69 Å². The molecule has 1 saturated heterocycles. The lowest BCUT2D eigenvalue weighted by atomic mass is 10.2. The maximum atomic E-state index is 12.8. The van der Waals surface area contributed by atoms with Crippen LogP contribution in [0, 0.1) is 6.92 Å². The fourth-order valence-corrected chi connectivity index (χ4v) is 5.53. The number of carbonyl (C=O) groups is 2. The van der Waals surface area contributed by atoms with Crippen molar-refractivity contribution in [2.24, 2.45) is 0 Å². The standard InChI is InChI=1S/C23H29N3O6S/c1-17-15-19(9-10-20(17)33(31,32)25-13-5-6-14-25)24-21(27)11-12-22(28)26(23(29)30)16-18-7-3-2-4-8-18/h2-4,7-10,15,22,28H,5-6,11-14,16H2,1H3,(H,24,27)(H,29,30). The molecule has 0 aliphatic carbocycles. The molecule has 2 amide bonds. The Morgan fingerprint density at radius 1 is 1.12 bits per heavy atom. The molecule has 1 aliphatic rings. The van der Waals surface area contributed by atoms with Gasteiger partial charge in [-0.25, -0.2) is 13.2 Å². The van der Waals surface area contributed by atoms with Gasteiger partial charge in [-0.15, -0.1) is 0 Å². The van der Waals surface area contributed by atoms with Gasteiger partial charge in [0.25, 0.3) is 0 Å². The highest BCUT2D eigenvalue weighted by atomic mass is 32.2. The van der Waals surface area contributed by atoms with Crippen LogP contribution in [-0.4, -0.2) is 59.2 Å². The van der Waals surface area contributed by atoms with Gasteiger partial charge in [0, 0.05) is 31.6 Å². The van der Waals surface area contributed by atoms with Gasteiger partial charge >= 0.3 is 6.09 Å². The van der Waals surface area contributed by atoms with Gasteiger partial charge in [0.05, 0.1) is 11.4 Å². The van der Waals surface area contributed by atoms with Crippen molar-refractivity contribution in [3.05, 3.63) is 59.7 Å². The summed E-state index contributed by atoms with van der Waals surface area (Å²) in [6.45, 7) is 2.71. The van der Waals surface area contributed by atoms with Gasteiger partial charge in [-0.1, -0.05) is 30.3 Å². The zero-order valence-corrected chi connectivity index (χ0v) is 19.3. The second kappa shape index (κ2) is 10.8. The van der Waals surface area contributed by atoms with Gasteiger partial charge in [0.2, 0.25) is 15.9 Å². The number of aryl methyl sites for hydroxylation is 1. The number of aliphatic hydroxyl groups excluding tert-OH is 1. The minimum Gasteiger partial charge on any atom is -0.465 e. The highest BCUT2D eigenvalue weighted by Crippen LogP contribution is 2.26. The summed E-state index contributed by atoms with van der Waals surface area (Å²) in [5.41, 5.74) is 1.69. The van der Waals surface area contributed by atoms with Crippen molar-refractivity contribution in [1.82, 2.24) is 9.21 Å². The Bertz CT molecular complexity index is 1080. The molecule has 10 heteroatoms. The zero-order valence-electron chi connectivity index (χ0n) is 18.5. The van der Waals surface area contributed by atoms with Crippen LogP contribution < -0.4 is 5.32 Å². The molecule has 9 nitrogen and oxygen atoms in total. The van der Waals surface area contributed by atoms with Crippen molar-refractivity contribution in [3.63, 3.8) is 0 Å². The van der Waals surface area contributed by atoms with Crippen molar-refractivity contribution in [2.45, 2.75) is 50.3 Å². The van der Waals surface area contributed by atoms with E-state index in [0.717, 1.165) is 23.3 Å². The molecule has 1 heterocycles. The maximum Gasteiger partial charge on any atom is 0.409 e. The predicted molar refractivity (Wildman–Crippen MR) is 123 cm³/mol. The van der Waals surface area contributed by atoms with Crippen molar-refractivity contribution < 1.29 is 28.2 Å².